The van der Waals surface area contributed by atoms with Crippen LogP contribution in [0.1, 0.15) is 27.0 Å². The molecule has 4 nitrogen and oxygen atoms in total. The molecule has 0 spiro atoms. The lowest BCUT2D eigenvalue weighted by molar-refractivity contribution is 0.0843. The van der Waals surface area contributed by atoms with Crippen molar-refractivity contribution >= 4 is 17.2 Å². The van der Waals surface area contributed by atoms with E-state index >= 15 is 0 Å². The third-order valence-corrected chi connectivity index (χ3v) is 3.87. The summed E-state index contributed by atoms with van der Waals surface area (Å²) in [6, 6.07) is 1.54. The molecule has 1 rings (SSSR count). The van der Waals surface area contributed by atoms with Crippen molar-refractivity contribution in [2.24, 2.45) is 0 Å². The van der Waals surface area contributed by atoms with Crippen LogP contribution < -0.4 is 5.32 Å². The molecule has 0 saturated carbocycles. The molecule has 96 valence electrons. The topological polar surface area (TPSA) is 58.6 Å². The van der Waals surface area contributed by atoms with Crippen molar-refractivity contribution in [3.8, 4) is 0 Å². The van der Waals surface area contributed by atoms with Crippen molar-refractivity contribution in [3.05, 3.63) is 21.4 Å². The van der Waals surface area contributed by atoms with Crippen molar-refractivity contribution in [2.75, 3.05) is 20.3 Å². The first-order valence-electron chi connectivity index (χ1n) is 5.62. The molecule has 0 aromatic carbocycles. The monoisotopic (exact) mass is 257 g/mol. The maximum atomic E-state index is 11.9. The summed E-state index contributed by atoms with van der Waals surface area (Å²) >= 11 is 1.50. The molecule has 1 atom stereocenters. The second-order valence-corrected chi connectivity index (χ2v) is 5.02. The Balaban J connectivity index is 2.68. The fourth-order valence-electron chi connectivity index (χ4n) is 1.58. The van der Waals surface area contributed by atoms with Gasteiger partial charge in [-0.05, 0) is 25.0 Å². The highest BCUT2D eigenvalue weighted by atomic mass is 32.1. The van der Waals surface area contributed by atoms with E-state index in [0.29, 0.717) is 11.5 Å². The number of aryl methyl sites for hydroxylation is 2. The zero-order valence-corrected chi connectivity index (χ0v) is 11.3. The van der Waals surface area contributed by atoms with Crippen LogP contribution in [0.4, 0.5) is 0 Å². The van der Waals surface area contributed by atoms with Gasteiger partial charge in [-0.3, -0.25) is 4.79 Å². The molecule has 1 heterocycles. The molecule has 0 aliphatic heterocycles. The molecular formula is C12H19NO3S. The van der Waals surface area contributed by atoms with Crippen LogP contribution in [0.2, 0.25) is 0 Å². The van der Waals surface area contributed by atoms with Gasteiger partial charge in [0.2, 0.25) is 0 Å². The normalized spacial score (nSPS) is 12.5. The van der Waals surface area contributed by atoms with Gasteiger partial charge in [0.15, 0.2) is 0 Å². The second kappa shape index (κ2) is 6.74. The smallest absolute Gasteiger partial charge is 0.261 e. The summed E-state index contributed by atoms with van der Waals surface area (Å²) in [5.74, 6) is -0.145. The Morgan fingerprint density at radius 1 is 1.65 bits per heavy atom. The van der Waals surface area contributed by atoms with Crippen molar-refractivity contribution < 1.29 is 14.6 Å². The Bertz CT molecular complexity index is 376. The SMILES string of the molecule is CCc1sc(C(=O)NC(CO)COC)cc1C. The number of hydrogen-bond acceptors (Lipinski definition) is 4. The van der Waals surface area contributed by atoms with Crippen LogP contribution in [0.5, 0.6) is 0 Å². The molecule has 17 heavy (non-hydrogen) atoms. The number of thiophene rings is 1. The van der Waals surface area contributed by atoms with E-state index in [0.717, 1.165) is 12.0 Å². The first-order chi connectivity index (χ1) is 8.12. The number of carbonyl (C=O) groups is 1. The number of aliphatic hydroxyl groups excluding tert-OH is 1. The van der Waals surface area contributed by atoms with Crippen LogP contribution in [0, 0.1) is 6.92 Å². The lowest BCUT2D eigenvalue weighted by Crippen LogP contribution is -2.40. The summed E-state index contributed by atoms with van der Waals surface area (Å²) in [4.78, 5) is 13.8. The van der Waals surface area contributed by atoms with Crippen LogP contribution in [0.15, 0.2) is 6.07 Å². The van der Waals surface area contributed by atoms with E-state index in [1.165, 1.54) is 16.2 Å². The molecule has 0 saturated heterocycles. The lowest BCUT2D eigenvalue weighted by atomic mass is 10.2. The lowest BCUT2D eigenvalue weighted by Gasteiger charge is -2.14. The predicted molar refractivity (Wildman–Crippen MR) is 68.7 cm³/mol. The fourth-order valence-corrected chi connectivity index (χ4v) is 2.60. The van der Waals surface area contributed by atoms with Crippen molar-refractivity contribution in [3.63, 3.8) is 0 Å². The van der Waals surface area contributed by atoms with Gasteiger partial charge in [0.1, 0.15) is 0 Å². The highest BCUT2D eigenvalue weighted by Crippen LogP contribution is 2.22. The standard InChI is InChI=1S/C12H19NO3S/c1-4-10-8(2)5-11(17-10)12(15)13-9(6-14)7-16-3/h5,9,14H,4,6-7H2,1-3H3,(H,13,15). The van der Waals surface area contributed by atoms with E-state index in [1.54, 1.807) is 7.11 Å². The summed E-state index contributed by atoms with van der Waals surface area (Å²) in [7, 11) is 1.54. The molecule has 1 amide bonds. The molecule has 1 unspecified atom stereocenters. The number of aliphatic hydroxyl groups is 1. The number of rotatable bonds is 6. The first-order valence-corrected chi connectivity index (χ1v) is 6.44. The minimum atomic E-state index is -0.347. The van der Waals surface area contributed by atoms with E-state index in [-0.39, 0.29) is 18.6 Å². The predicted octanol–water partition coefficient (Wildman–Crippen LogP) is 1.36. The molecule has 0 aliphatic carbocycles. The molecule has 2 N–H and O–H groups in total. The highest BCUT2D eigenvalue weighted by molar-refractivity contribution is 7.14. The van der Waals surface area contributed by atoms with E-state index in [4.69, 9.17) is 9.84 Å². The zero-order valence-electron chi connectivity index (χ0n) is 10.4. The summed E-state index contributed by atoms with van der Waals surface area (Å²) in [5, 5.41) is 11.8. The number of amides is 1. The number of nitrogens with one attached hydrogen (secondary N) is 1. The minimum absolute atomic E-state index is 0.120. The Kier molecular flexibility index (Phi) is 5.61. The Labute approximate surface area is 106 Å². The van der Waals surface area contributed by atoms with E-state index < -0.39 is 0 Å². The molecule has 1 aromatic heterocycles. The van der Waals surface area contributed by atoms with Gasteiger partial charge >= 0.3 is 0 Å². The third-order valence-electron chi connectivity index (χ3n) is 2.49. The van der Waals surface area contributed by atoms with Crippen LogP contribution in [-0.4, -0.2) is 37.4 Å². The first kappa shape index (κ1) is 14.2. The molecule has 0 radical (unpaired) electrons. The van der Waals surface area contributed by atoms with Crippen LogP contribution in [-0.2, 0) is 11.2 Å². The van der Waals surface area contributed by atoms with Gasteiger partial charge in [0.05, 0.1) is 24.1 Å². The fraction of sp³-hybridized carbons (Fsp3) is 0.583. The molecule has 5 heteroatoms. The molecule has 0 aliphatic rings. The maximum Gasteiger partial charge on any atom is 0.261 e. The van der Waals surface area contributed by atoms with Crippen LogP contribution in [0.25, 0.3) is 0 Å². The Morgan fingerprint density at radius 2 is 2.35 bits per heavy atom. The third kappa shape index (κ3) is 3.80. The largest absolute Gasteiger partial charge is 0.394 e. The molecule has 0 bridgehead atoms. The van der Waals surface area contributed by atoms with Gasteiger partial charge in [-0.25, -0.2) is 0 Å². The maximum absolute atomic E-state index is 11.9. The van der Waals surface area contributed by atoms with Gasteiger partial charge in [-0.1, -0.05) is 6.92 Å². The number of methoxy groups -OCH3 is 1. The second-order valence-electron chi connectivity index (χ2n) is 3.88. The summed E-state index contributed by atoms with van der Waals surface area (Å²) in [6.45, 7) is 4.27. The van der Waals surface area contributed by atoms with Gasteiger partial charge in [0.25, 0.3) is 5.91 Å². The van der Waals surface area contributed by atoms with Crippen LogP contribution >= 0.6 is 11.3 Å². The van der Waals surface area contributed by atoms with E-state index in [2.05, 4.69) is 12.2 Å². The van der Waals surface area contributed by atoms with Gasteiger partial charge in [-0.15, -0.1) is 11.3 Å². The van der Waals surface area contributed by atoms with Gasteiger partial charge < -0.3 is 15.2 Å². The van der Waals surface area contributed by atoms with Crippen molar-refractivity contribution in [1.29, 1.82) is 0 Å². The summed E-state index contributed by atoms with van der Waals surface area (Å²) in [6.07, 6.45) is 0.936. The quantitative estimate of drug-likeness (QED) is 0.809. The summed E-state index contributed by atoms with van der Waals surface area (Å²) < 4.78 is 4.91. The van der Waals surface area contributed by atoms with Gasteiger partial charge in [0, 0.05) is 12.0 Å². The number of carbonyl (C=O) groups excluding carboxylic acids is 1. The Hall–Kier alpha value is -0.910. The average molecular weight is 257 g/mol. The number of ether oxygens (including phenoxy) is 1. The molecule has 1 aromatic rings. The van der Waals surface area contributed by atoms with E-state index in [1.807, 2.05) is 13.0 Å². The van der Waals surface area contributed by atoms with Crippen LogP contribution in [0.3, 0.4) is 0 Å². The average Bonchev–Trinajstić information content (AvgIpc) is 2.70. The highest BCUT2D eigenvalue weighted by Gasteiger charge is 2.15. The van der Waals surface area contributed by atoms with Crippen molar-refractivity contribution in [2.45, 2.75) is 26.3 Å². The Morgan fingerprint density at radius 3 is 2.82 bits per heavy atom. The molecular weight excluding hydrogens is 238 g/mol. The molecule has 0 fully saturated rings. The van der Waals surface area contributed by atoms with Crippen molar-refractivity contribution in [1.82, 2.24) is 5.32 Å². The summed E-state index contributed by atoms with van der Waals surface area (Å²) in [5.41, 5.74) is 1.15. The van der Waals surface area contributed by atoms with Gasteiger partial charge in [-0.2, -0.15) is 0 Å². The zero-order chi connectivity index (χ0) is 12.8. The number of hydrogen-bond donors (Lipinski definition) is 2. The minimum Gasteiger partial charge on any atom is -0.394 e. The van der Waals surface area contributed by atoms with E-state index in [9.17, 15) is 4.79 Å².